The van der Waals surface area contributed by atoms with Crippen molar-refractivity contribution in [2.45, 2.75) is 38.1 Å². The quantitative estimate of drug-likeness (QED) is 0.0419. The number of rotatable bonds is 11. The number of nitrogens with zero attached hydrogens (tertiary/aromatic N) is 4. The molecule has 0 spiro atoms. The van der Waals surface area contributed by atoms with Gasteiger partial charge in [-0.3, -0.25) is 19.7 Å². The molecule has 1 aliphatic heterocycles. The molecule has 0 aliphatic carbocycles. The fourth-order valence-electron chi connectivity index (χ4n) is 3.18. The maximum atomic E-state index is 13.0. The summed E-state index contributed by atoms with van der Waals surface area (Å²) >= 11 is 0.927. The number of hydrogen-bond acceptors (Lipinski definition) is 15. The molecule has 40 heavy (non-hydrogen) atoms. The van der Waals surface area contributed by atoms with E-state index >= 15 is 0 Å². The number of aromatic nitrogens is 1. The average molecular weight is 609 g/mol. The fourth-order valence-corrected chi connectivity index (χ4v) is 4.58. The number of aliphatic hydroxyl groups is 1. The Morgan fingerprint density at radius 3 is 2.45 bits per heavy atom. The molecule has 0 saturated carbocycles. The van der Waals surface area contributed by atoms with Crippen LogP contribution in [-0.2, 0) is 40.9 Å². The van der Waals surface area contributed by atoms with Crippen molar-refractivity contribution in [2.75, 3.05) is 12.3 Å². The first kappa shape index (κ1) is 33.0. The second-order valence-corrected chi connectivity index (χ2v) is 10.5. The summed E-state index contributed by atoms with van der Waals surface area (Å²) in [7, 11) is -5.23. The summed E-state index contributed by atoms with van der Waals surface area (Å²) in [6, 6.07) is 2.14. The Labute approximate surface area is 252 Å². The number of aliphatic hydroxyl groups excluding tert-OH is 1. The minimum absolute atomic E-state index is 0. The van der Waals surface area contributed by atoms with E-state index in [1.807, 2.05) is 0 Å². The molecule has 0 bridgehead atoms. The molecular weight excluding hydrogens is 587 g/mol. The molecule has 210 valence electrons. The van der Waals surface area contributed by atoms with Crippen molar-refractivity contribution in [1.82, 2.24) is 14.6 Å². The Kier molecular flexibility index (Phi) is 10.7. The number of carbonyl (C=O) groups excluding carboxylic acids is 3. The molecule has 0 unspecified atom stereocenters. The number of nitrogens with one attached hydrogen (secondary N) is 1. The average Bonchev–Trinajstić information content (AvgIpc) is 3.28. The zero-order valence-electron chi connectivity index (χ0n) is 21.2. The number of amides is 2. The number of oxime groups is 1. The second-order valence-electron chi connectivity index (χ2n) is 8.40. The molecular formula is C20H21N6NaO11S2. The molecule has 1 aromatic heterocycles. The van der Waals surface area contributed by atoms with E-state index in [2.05, 4.69) is 15.5 Å². The third-order valence-corrected chi connectivity index (χ3v) is 6.84. The number of non-ortho nitro benzene ring substituents is 1. The summed E-state index contributed by atoms with van der Waals surface area (Å²) in [4.78, 5) is 57.0. The number of hydrogen-bond donors (Lipinski definition) is 3. The van der Waals surface area contributed by atoms with E-state index in [0.717, 1.165) is 11.3 Å². The van der Waals surface area contributed by atoms with E-state index in [0.29, 0.717) is 5.56 Å². The van der Waals surface area contributed by atoms with E-state index in [4.69, 9.17) is 15.3 Å². The van der Waals surface area contributed by atoms with Gasteiger partial charge in [-0.15, -0.1) is 11.3 Å². The van der Waals surface area contributed by atoms with Crippen LogP contribution in [-0.4, -0.2) is 80.1 Å². The van der Waals surface area contributed by atoms with Crippen LogP contribution in [0.15, 0.2) is 34.8 Å². The number of β-lactam (4-membered cyclic amide) rings is 1. The first-order valence-electron chi connectivity index (χ1n) is 10.7. The van der Waals surface area contributed by atoms with Crippen LogP contribution in [0.3, 0.4) is 0 Å². The van der Waals surface area contributed by atoms with Crippen LogP contribution in [0.4, 0.5) is 10.8 Å². The molecule has 0 radical (unpaired) electrons. The first-order chi connectivity index (χ1) is 18.2. The summed E-state index contributed by atoms with van der Waals surface area (Å²) < 4.78 is 38.8. The van der Waals surface area contributed by atoms with Crippen LogP contribution in [0.2, 0.25) is 0 Å². The van der Waals surface area contributed by atoms with Gasteiger partial charge in [0.2, 0.25) is 5.60 Å². The Morgan fingerprint density at radius 2 is 1.95 bits per heavy atom. The van der Waals surface area contributed by atoms with Crippen LogP contribution >= 0.6 is 11.3 Å². The zero-order chi connectivity index (χ0) is 29.1. The van der Waals surface area contributed by atoms with Gasteiger partial charge >= 0.3 is 35.5 Å². The maximum absolute atomic E-state index is 13.0. The van der Waals surface area contributed by atoms with Crippen LogP contribution < -0.4 is 40.6 Å². The first-order valence-corrected chi connectivity index (χ1v) is 13.0. The molecule has 3 rings (SSSR count). The predicted molar refractivity (Wildman–Crippen MR) is 130 cm³/mol. The number of nitrogen functional groups attached to an aromatic ring is 1. The number of benzene rings is 1. The van der Waals surface area contributed by atoms with Gasteiger partial charge in [-0.05, 0) is 31.5 Å². The van der Waals surface area contributed by atoms with Gasteiger partial charge in [0.15, 0.2) is 21.1 Å². The number of thiazole rings is 1. The Balaban J connectivity index is 0.00000560. The molecule has 1 fully saturated rings. The Morgan fingerprint density at radius 1 is 1.32 bits per heavy atom. The molecule has 1 saturated heterocycles. The third kappa shape index (κ3) is 7.50. The largest absolute Gasteiger partial charge is 1.00 e. The summed E-state index contributed by atoms with van der Waals surface area (Å²) in [5.74, 6) is -3.31. The van der Waals surface area contributed by atoms with Crippen LogP contribution in [0, 0.1) is 10.1 Å². The van der Waals surface area contributed by atoms with Crippen molar-refractivity contribution >= 4 is 56.0 Å². The predicted octanol–water partition coefficient (Wildman–Crippen LogP) is -3.97. The molecule has 2 heterocycles. The van der Waals surface area contributed by atoms with Crippen molar-refractivity contribution in [1.29, 1.82) is 0 Å². The van der Waals surface area contributed by atoms with Gasteiger partial charge in [-0.25, -0.2) is 22.5 Å². The molecule has 1 aromatic carbocycles. The van der Waals surface area contributed by atoms with Crippen molar-refractivity contribution in [2.24, 2.45) is 5.16 Å². The topological polar surface area (TPSA) is 257 Å². The molecule has 2 atom stereocenters. The summed E-state index contributed by atoms with van der Waals surface area (Å²) in [5.41, 5.74) is 3.45. The maximum Gasteiger partial charge on any atom is 1.00 e. The summed E-state index contributed by atoms with van der Waals surface area (Å²) in [6.45, 7) is 1.34. The Hall–Kier alpha value is -3.20. The molecule has 2 amide bonds. The van der Waals surface area contributed by atoms with Crippen LogP contribution in [0.25, 0.3) is 0 Å². The Bertz CT molecular complexity index is 1430. The van der Waals surface area contributed by atoms with Crippen LogP contribution in [0.5, 0.6) is 0 Å². The van der Waals surface area contributed by atoms with E-state index < -0.39 is 63.0 Å². The molecule has 17 nitrogen and oxygen atoms in total. The van der Waals surface area contributed by atoms with E-state index in [1.54, 1.807) is 0 Å². The molecule has 4 N–H and O–H groups in total. The number of nitro groups is 1. The molecule has 2 aromatic rings. The standard InChI is InChI=1S/C20H22N6O11S2.Na/c1-20(2,18(30)36-8-10-3-5-11(6-4-10)26(31)32)37-24-14(12-9-38-19(21)22-12)16(28)23-15-13(7-27)25(17(15)29)39(33,34)35;/h3-6,9,13,15,27H,7-8H2,1-2H3,(H2,21,22)(H,23,28)(H,33,34,35);/q;+1/p-1/b24-14-;/t13-,15+;/m0./s1. The second kappa shape index (κ2) is 13.0. The van der Waals surface area contributed by atoms with Gasteiger partial charge in [-0.1, -0.05) is 5.16 Å². The summed E-state index contributed by atoms with van der Waals surface area (Å²) in [5, 5.41) is 27.4. The molecule has 1 aliphatic rings. The van der Waals surface area contributed by atoms with Gasteiger partial charge in [0.25, 0.3) is 17.5 Å². The zero-order valence-corrected chi connectivity index (χ0v) is 24.8. The van der Waals surface area contributed by atoms with Crippen molar-refractivity contribution < 1.29 is 76.5 Å². The van der Waals surface area contributed by atoms with Crippen molar-refractivity contribution in [3.63, 3.8) is 0 Å². The minimum atomic E-state index is -5.23. The monoisotopic (exact) mass is 608 g/mol. The molecule has 20 heteroatoms. The van der Waals surface area contributed by atoms with Crippen LogP contribution in [0.1, 0.15) is 25.1 Å². The van der Waals surface area contributed by atoms with E-state index in [1.165, 1.54) is 43.5 Å². The minimum Gasteiger partial charge on any atom is -0.731 e. The summed E-state index contributed by atoms with van der Waals surface area (Å²) in [6.07, 6.45) is 0. The van der Waals surface area contributed by atoms with E-state index in [9.17, 15) is 42.6 Å². The number of nitro benzene ring substituents is 1. The van der Waals surface area contributed by atoms with Crippen molar-refractivity contribution in [3.8, 4) is 0 Å². The van der Waals surface area contributed by atoms with Gasteiger partial charge in [0, 0.05) is 17.5 Å². The van der Waals surface area contributed by atoms with Gasteiger partial charge in [0.1, 0.15) is 18.3 Å². The number of anilines is 1. The number of carbonyl (C=O) groups is 3. The fraction of sp³-hybridized carbons (Fsp3) is 0.350. The number of nitrogens with two attached hydrogens (primary N) is 1. The van der Waals surface area contributed by atoms with Gasteiger partial charge in [0.05, 0.1) is 17.6 Å². The van der Waals surface area contributed by atoms with Gasteiger partial charge in [-0.2, -0.15) is 0 Å². The number of esters is 1. The van der Waals surface area contributed by atoms with Crippen molar-refractivity contribution in [3.05, 3.63) is 51.0 Å². The van der Waals surface area contributed by atoms with E-state index in [-0.39, 0.29) is 57.0 Å². The SMILES string of the molecule is CC(C)(O/N=C(\C(=O)N[C@H]1C(=O)N(S(=O)(=O)[O-])[C@H]1CO)c1csc(N)n1)C(=O)OCc1ccc([N+](=O)[O-])cc1.[Na+]. The third-order valence-electron chi connectivity index (χ3n) is 5.24. The smallest absolute Gasteiger partial charge is 0.731 e. The normalized spacial score (nSPS) is 17.4. The van der Waals surface area contributed by atoms with Gasteiger partial charge < -0.3 is 30.3 Å². The number of ether oxygens (including phenoxy) is 1.